The molecular weight excluding hydrogens is 328 g/mol. The second kappa shape index (κ2) is 9.38. The van der Waals surface area contributed by atoms with Gasteiger partial charge < -0.3 is 15.3 Å². The number of hydrogen-bond acceptors (Lipinski definition) is 3. The lowest BCUT2D eigenvalue weighted by molar-refractivity contribution is 0.183. The zero-order valence-electron chi connectivity index (χ0n) is 16.2. The van der Waals surface area contributed by atoms with Crippen molar-refractivity contribution < 1.29 is 9.90 Å². The second-order valence-corrected chi connectivity index (χ2v) is 6.56. The molecule has 142 valence electrons. The van der Waals surface area contributed by atoms with E-state index in [1.807, 2.05) is 55.8 Å². The Kier molecular flexibility index (Phi) is 7.21. The van der Waals surface area contributed by atoms with Gasteiger partial charge in [0.25, 0.3) is 0 Å². The number of carbonyl (C=O) groups is 1. The van der Waals surface area contributed by atoms with Crippen LogP contribution in [0.5, 0.6) is 0 Å². The summed E-state index contributed by atoms with van der Waals surface area (Å²) in [7, 11) is 0. The lowest BCUT2D eigenvalue weighted by atomic mass is 10.1. The molecule has 26 heavy (non-hydrogen) atoms. The molecule has 0 aliphatic rings. The van der Waals surface area contributed by atoms with Crippen LogP contribution in [-0.2, 0) is 13.1 Å². The summed E-state index contributed by atoms with van der Waals surface area (Å²) >= 11 is 0. The van der Waals surface area contributed by atoms with Crippen molar-refractivity contribution in [1.29, 1.82) is 0 Å². The summed E-state index contributed by atoms with van der Waals surface area (Å²) < 4.78 is 1.96. The predicted molar refractivity (Wildman–Crippen MR) is 103 cm³/mol. The number of urea groups is 1. The van der Waals surface area contributed by atoms with Crippen molar-refractivity contribution in [2.45, 2.75) is 53.2 Å². The molecule has 1 aromatic heterocycles. The van der Waals surface area contributed by atoms with Gasteiger partial charge in [-0.2, -0.15) is 5.10 Å². The van der Waals surface area contributed by atoms with Gasteiger partial charge in [0.1, 0.15) is 0 Å². The zero-order chi connectivity index (χ0) is 19.1. The minimum atomic E-state index is -0.129. The Morgan fingerprint density at radius 3 is 2.58 bits per heavy atom. The molecule has 2 rings (SSSR count). The summed E-state index contributed by atoms with van der Waals surface area (Å²) in [5, 5.41) is 16.8. The molecule has 0 fully saturated rings. The smallest absolute Gasteiger partial charge is 0.318 e. The molecule has 6 nitrogen and oxygen atoms in total. The largest absolute Gasteiger partial charge is 0.396 e. The lowest BCUT2D eigenvalue weighted by Crippen LogP contribution is -2.41. The van der Waals surface area contributed by atoms with Gasteiger partial charge in [-0.25, -0.2) is 4.79 Å². The molecule has 2 amide bonds. The number of nitrogens with one attached hydrogen (secondary N) is 1. The van der Waals surface area contributed by atoms with Crippen LogP contribution in [0, 0.1) is 13.8 Å². The van der Waals surface area contributed by atoms with Gasteiger partial charge >= 0.3 is 6.03 Å². The molecule has 6 heteroatoms. The predicted octanol–water partition coefficient (Wildman–Crippen LogP) is 3.18. The number of hydrogen-bond donors (Lipinski definition) is 2. The van der Waals surface area contributed by atoms with Gasteiger partial charge in [0, 0.05) is 37.5 Å². The van der Waals surface area contributed by atoms with E-state index >= 15 is 0 Å². The van der Waals surface area contributed by atoms with Crippen LogP contribution < -0.4 is 5.32 Å². The fraction of sp³-hybridized carbons (Fsp3) is 0.500. The molecule has 1 atom stereocenters. The van der Waals surface area contributed by atoms with Crippen molar-refractivity contribution in [2.75, 3.05) is 13.2 Å². The Morgan fingerprint density at radius 2 is 2.00 bits per heavy atom. The third kappa shape index (κ3) is 4.85. The summed E-state index contributed by atoms with van der Waals surface area (Å²) in [5.41, 5.74) is 4.17. The SMILES string of the molecule is CCn1nc(C)c([C@@H](C)NC(=O)N(CCCO)Cc2ccccc2)c1C. The van der Waals surface area contributed by atoms with Crippen molar-refractivity contribution in [3.05, 3.63) is 52.8 Å². The van der Waals surface area contributed by atoms with E-state index in [-0.39, 0.29) is 18.7 Å². The average Bonchev–Trinajstić information content (AvgIpc) is 2.92. The number of aromatic nitrogens is 2. The molecule has 0 unspecified atom stereocenters. The summed E-state index contributed by atoms with van der Waals surface area (Å²) in [6.07, 6.45) is 0.556. The van der Waals surface area contributed by atoms with Crippen LogP contribution >= 0.6 is 0 Å². The van der Waals surface area contributed by atoms with Crippen molar-refractivity contribution in [1.82, 2.24) is 20.0 Å². The van der Waals surface area contributed by atoms with E-state index in [0.29, 0.717) is 19.5 Å². The highest BCUT2D eigenvalue weighted by Crippen LogP contribution is 2.21. The molecule has 0 aliphatic carbocycles. The van der Waals surface area contributed by atoms with Crippen molar-refractivity contribution in [3.63, 3.8) is 0 Å². The molecule has 1 aromatic carbocycles. The maximum atomic E-state index is 12.8. The van der Waals surface area contributed by atoms with Gasteiger partial charge in [-0.05, 0) is 39.7 Å². The Balaban J connectivity index is 2.11. The first-order chi connectivity index (χ1) is 12.5. The Morgan fingerprint density at radius 1 is 1.31 bits per heavy atom. The third-order valence-electron chi connectivity index (χ3n) is 4.60. The average molecular weight is 358 g/mol. The van der Waals surface area contributed by atoms with Gasteiger partial charge in [-0.3, -0.25) is 4.68 Å². The fourth-order valence-corrected chi connectivity index (χ4v) is 3.31. The van der Waals surface area contributed by atoms with E-state index in [1.165, 1.54) is 0 Å². The number of aliphatic hydroxyl groups excluding tert-OH is 1. The van der Waals surface area contributed by atoms with Crippen molar-refractivity contribution >= 4 is 6.03 Å². The van der Waals surface area contributed by atoms with E-state index in [0.717, 1.165) is 29.1 Å². The van der Waals surface area contributed by atoms with E-state index < -0.39 is 0 Å². The zero-order valence-corrected chi connectivity index (χ0v) is 16.2. The number of amides is 2. The highest BCUT2D eigenvalue weighted by molar-refractivity contribution is 5.74. The summed E-state index contributed by atoms with van der Waals surface area (Å²) in [6.45, 7) is 9.96. The number of aliphatic hydroxyl groups is 1. The lowest BCUT2D eigenvalue weighted by Gasteiger charge is -2.25. The molecule has 2 aromatic rings. The topological polar surface area (TPSA) is 70.4 Å². The molecule has 0 aliphatic heterocycles. The summed E-state index contributed by atoms with van der Waals surface area (Å²) in [5.74, 6) is 0. The second-order valence-electron chi connectivity index (χ2n) is 6.56. The number of rotatable bonds is 8. The number of benzene rings is 1. The van der Waals surface area contributed by atoms with Crippen molar-refractivity contribution in [2.24, 2.45) is 0 Å². The van der Waals surface area contributed by atoms with E-state index in [2.05, 4.69) is 17.3 Å². The summed E-state index contributed by atoms with van der Waals surface area (Å²) in [6, 6.07) is 9.64. The number of carbonyl (C=O) groups excluding carboxylic acids is 1. The molecule has 0 bridgehead atoms. The molecule has 0 saturated heterocycles. The van der Waals surface area contributed by atoms with Crippen molar-refractivity contribution in [3.8, 4) is 0 Å². The fourth-order valence-electron chi connectivity index (χ4n) is 3.31. The highest BCUT2D eigenvalue weighted by Gasteiger charge is 2.21. The molecule has 0 saturated carbocycles. The minimum absolute atomic E-state index is 0.0651. The highest BCUT2D eigenvalue weighted by atomic mass is 16.3. The number of aryl methyl sites for hydroxylation is 2. The van der Waals surface area contributed by atoms with E-state index in [9.17, 15) is 4.79 Å². The molecule has 2 N–H and O–H groups in total. The summed E-state index contributed by atoms with van der Waals surface area (Å²) in [4.78, 5) is 14.6. The van der Waals surface area contributed by atoms with Crippen LogP contribution in [0.15, 0.2) is 30.3 Å². The Bertz CT molecular complexity index is 712. The molecule has 1 heterocycles. The van der Waals surface area contributed by atoms with Gasteiger partial charge in [-0.1, -0.05) is 30.3 Å². The monoisotopic (exact) mass is 358 g/mol. The van der Waals surface area contributed by atoms with Crippen LogP contribution in [0.1, 0.15) is 48.8 Å². The van der Waals surface area contributed by atoms with Gasteiger partial charge in [0.05, 0.1) is 11.7 Å². The van der Waals surface area contributed by atoms with Crippen LogP contribution in [0.4, 0.5) is 4.79 Å². The van der Waals surface area contributed by atoms with E-state index in [4.69, 9.17) is 5.11 Å². The minimum Gasteiger partial charge on any atom is -0.396 e. The first-order valence-corrected chi connectivity index (χ1v) is 9.22. The number of nitrogens with zero attached hydrogens (tertiary/aromatic N) is 3. The Labute approximate surface area is 155 Å². The first-order valence-electron chi connectivity index (χ1n) is 9.22. The van der Waals surface area contributed by atoms with Crippen LogP contribution in [0.2, 0.25) is 0 Å². The van der Waals surface area contributed by atoms with Crippen LogP contribution in [-0.4, -0.2) is 39.0 Å². The van der Waals surface area contributed by atoms with Gasteiger partial charge in [-0.15, -0.1) is 0 Å². The Hall–Kier alpha value is -2.34. The van der Waals surface area contributed by atoms with Gasteiger partial charge in [0.15, 0.2) is 0 Å². The normalized spacial score (nSPS) is 12.0. The standard InChI is InChI=1S/C20H30N4O2/c1-5-24-17(4)19(16(3)22-24)15(2)21-20(26)23(12-9-13-25)14-18-10-7-6-8-11-18/h6-8,10-11,15,25H,5,9,12-14H2,1-4H3,(H,21,26)/t15-/m1/s1. The molecule has 0 radical (unpaired) electrons. The van der Waals surface area contributed by atoms with Gasteiger partial charge in [0.2, 0.25) is 0 Å². The van der Waals surface area contributed by atoms with E-state index in [1.54, 1.807) is 4.90 Å². The first kappa shape index (κ1) is 20.0. The van der Waals surface area contributed by atoms with Crippen LogP contribution in [0.25, 0.3) is 0 Å². The third-order valence-corrected chi connectivity index (χ3v) is 4.60. The quantitative estimate of drug-likeness (QED) is 0.761. The maximum Gasteiger partial charge on any atom is 0.318 e. The molecular formula is C20H30N4O2. The van der Waals surface area contributed by atoms with Crippen LogP contribution in [0.3, 0.4) is 0 Å². The maximum absolute atomic E-state index is 12.8. The molecule has 0 spiro atoms.